The SMILES string of the molecule is CC(=O)NC(C(=O)NCCc1nc(C(=O)O)cs1)C1CCCC1. The molecule has 0 spiro atoms. The number of thiazole rings is 1. The van der Waals surface area contributed by atoms with E-state index in [9.17, 15) is 14.4 Å². The summed E-state index contributed by atoms with van der Waals surface area (Å²) in [5, 5.41) is 16.5. The number of carbonyl (C=O) groups excluding carboxylic acids is 2. The number of nitrogens with one attached hydrogen (secondary N) is 2. The first-order valence-electron chi connectivity index (χ1n) is 7.70. The number of aromatic nitrogens is 1. The summed E-state index contributed by atoms with van der Waals surface area (Å²) in [6.07, 6.45) is 4.55. The third kappa shape index (κ3) is 5.02. The summed E-state index contributed by atoms with van der Waals surface area (Å²) < 4.78 is 0. The Hall–Kier alpha value is -1.96. The predicted octanol–water partition coefficient (Wildman–Crippen LogP) is 1.19. The van der Waals surface area contributed by atoms with Crippen LogP contribution in [0.2, 0.25) is 0 Å². The minimum absolute atomic E-state index is 0.0263. The molecule has 0 saturated heterocycles. The molecular formula is C15H21N3O4S. The van der Waals surface area contributed by atoms with Gasteiger partial charge in [0.1, 0.15) is 6.04 Å². The highest BCUT2D eigenvalue weighted by Crippen LogP contribution is 2.27. The minimum Gasteiger partial charge on any atom is -0.476 e. The molecule has 0 radical (unpaired) electrons. The standard InChI is InChI=1S/C15H21N3O4S/c1-9(19)17-13(10-4-2-3-5-10)14(20)16-7-6-12-18-11(8-23-12)15(21)22/h8,10,13H,2-7H2,1H3,(H,16,20)(H,17,19)(H,21,22). The fourth-order valence-corrected chi connectivity index (χ4v) is 3.61. The maximum atomic E-state index is 12.3. The molecule has 1 aromatic rings. The number of hydrogen-bond acceptors (Lipinski definition) is 5. The minimum atomic E-state index is -1.05. The molecule has 0 bridgehead atoms. The molecule has 2 rings (SSSR count). The van der Waals surface area contributed by atoms with Crippen LogP contribution in [0.15, 0.2) is 5.38 Å². The normalized spacial score (nSPS) is 16.0. The number of carboxylic acids is 1. The van der Waals surface area contributed by atoms with Gasteiger partial charge in [0.15, 0.2) is 5.69 Å². The first-order valence-corrected chi connectivity index (χ1v) is 8.58. The smallest absolute Gasteiger partial charge is 0.355 e. The lowest BCUT2D eigenvalue weighted by atomic mass is 9.97. The van der Waals surface area contributed by atoms with Crippen LogP contribution in [0.3, 0.4) is 0 Å². The van der Waals surface area contributed by atoms with Crippen molar-refractivity contribution in [2.45, 2.75) is 45.1 Å². The van der Waals surface area contributed by atoms with Crippen LogP contribution in [0.5, 0.6) is 0 Å². The van der Waals surface area contributed by atoms with E-state index in [1.807, 2.05) is 0 Å². The number of aromatic carboxylic acids is 1. The number of rotatable bonds is 7. The Labute approximate surface area is 138 Å². The summed E-state index contributed by atoms with van der Waals surface area (Å²) in [7, 11) is 0. The van der Waals surface area contributed by atoms with E-state index in [-0.39, 0.29) is 23.4 Å². The van der Waals surface area contributed by atoms with Crippen molar-refractivity contribution >= 4 is 29.1 Å². The molecule has 8 heteroatoms. The second kappa shape index (κ2) is 8.05. The topological polar surface area (TPSA) is 108 Å². The molecular weight excluding hydrogens is 318 g/mol. The van der Waals surface area contributed by atoms with Crippen LogP contribution in [-0.4, -0.2) is 40.5 Å². The molecule has 23 heavy (non-hydrogen) atoms. The van der Waals surface area contributed by atoms with Crippen LogP contribution >= 0.6 is 11.3 Å². The molecule has 1 aliphatic rings. The van der Waals surface area contributed by atoms with Gasteiger partial charge in [0.05, 0.1) is 5.01 Å². The third-order valence-electron chi connectivity index (χ3n) is 3.92. The summed E-state index contributed by atoms with van der Waals surface area (Å²) in [5.74, 6) is -1.24. The average Bonchev–Trinajstić information content (AvgIpc) is 3.15. The first-order chi connectivity index (χ1) is 11.0. The van der Waals surface area contributed by atoms with E-state index in [2.05, 4.69) is 15.6 Å². The van der Waals surface area contributed by atoms with Gasteiger partial charge >= 0.3 is 5.97 Å². The van der Waals surface area contributed by atoms with Crippen molar-refractivity contribution in [3.63, 3.8) is 0 Å². The van der Waals surface area contributed by atoms with Gasteiger partial charge in [-0.3, -0.25) is 9.59 Å². The Morgan fingerprint density at radius 2 is 2.09 bits per heavy atom. The Morgan fingerprint density at radius 3 is 2.65 bits per heavy atom. The van der Waals surface area contributed by atoms with E-state index in [0.29, 0.717) is 18.0 Å². The summed E-state index contributed by atoms with van der Waals surface area (Å²) in [4.78, 5) is 38.4. The first kappa shape index (κ1) is 17.4. The van der Waals surface area contributed by atoms with Gasteiger partial charge in [-0.2, -0.15) is 0 Å². The molecule has 1 atom stereocenters. The van der Waals surface area contributed by atoms with Gasteiger partial charge in [-0.1, -0.05) is 12.8 Å². The largest absolute Gasteiger partial charge is 0.476 e. The van der Waals surface area contributed by atoms with Crippen LogP contribution < -0.4 is 10.6 Å². The van der Waals surface area contributed by atoms with Crippen LogP contribution in [-0.2, 0) is 16.0 Å². The van der Waals surface area contributed by atoms with Crippen molar-refractivity contribution in [1.82, 2.24) is 15.6 Å². The molecule has 1 aliphatic carbocycles. The molecule has 1 aromatic heterocycles. The van der Waals surface area contributed by atoms with Crippen LogP contribution in [0.25, 0.3) is 0 Å². The molecule has 1 unspecified atom stereocenters. The van der Waals surface area contributed by atoms with Crippen molar-refractivity contribution in [1.29, 1.82) is 0 Å². The van der Waals surface area contributed by atoms with Crippen molar-refractivity contribution < 1.29 is 19.5 Å². The fraction of sp³-hybridized carbons (Fsp3) is 0.600. The zero-order valence-electron chi connectivity index (χ0n) is 13.0. The van der Waals surface area contributed by atoms with E-state index in [4.69, 9.17) is 5.11 Å². The molecule has 1 heterocycles. The van der Waals surface area contributed by atoms with E-state index in [1.54, 1.807) is 0 Å². The van der Waals surface area contributed by atoms with Crippen molar-refractivity contribution in [2.24, 2.45) is 5.92 Å². The molecule has 126 valence electrons. The molecule has 1 fully saturated rings. The van der Waals surface area contributed by atoms with Crippen molar-refractivity contribution in [2.75, 3.05) is 6.54 Å². The number of amides is 2. The van der Waals surface area contributed by atoms with Gasteiger partial charge in [-0.05, 0) is 18.8 Å². The molecule has 0 aliphatic heterocycles. The maximum absolute atomic E-state index is 12.3. The van der Waals surface area contributed by atoms with Crippen molar-refractivity contribution in [3.05, 3.63) is 16.1 Å². The number of carboxylic acid groups (broad SMARTS) is 1. The van der Waals surface area contributed by atoms with E-state index < -0.39 is 12.0 Å². The Kier molecular flexibility index (Phi) is 6.09. The van der Waals surface area contributed by atoms with Gasteiger partial charge in [0.25, 0.3) is 0 Å². The lowest BCUT2D eigenvalue weighted by molar-refractivity contribution is -0.129. The summed E-state index contributed by atoms with van der Waals surface area (Å²) >= 11 is 1.26. The quantitative estimate of drug-likeness (QED) is 0.691. The second-order valence-electron chi connectivity index (χ2n) is 5.70. The maximum Gasteiger partial charge on any atom is 0.355 e. The highest BCUT2D eigenvalue weighted by Gasteiger charge is 2.31. The second-order valence-corrected chi connectivity index (χ2v) is 6.64. The Morgan fingerprint density at radius 1 is 1.39 bits per heavy atom. The van der Waals surface area contributed by atoms with E-state index in [1.165, 1.54) is 23.6 Å². The lowest BCUT2D eigenvalue weighted by Crippen LogP contribution is -2.50. The Bertz CT molecular complexity index is 581. The van der Waals surface area contributed by atoms with E-state index >= 15 is 0 Å². The molecule has 0 aromatic carbocycles. The zero-order valence-corrected chi connectivity index (χ0v) is 13.8. The number of hydrogen-bond donors (Lipinski definition) is 3. The van der Waals surface area contributed by atoms with Gasteiger partial charge in [0.2, 0.25) is 11.8 Å². The molecule has 2 amide bonds. The summed E-state index contributed by atoms with van der Waals surface area (Å²) in [6, 6.07) is -0.485. The predicted molar refractivity (Wildman–Crippen MR) is 85.3 cm³/mol. The summed E-state index contributed by atoms with van der Waals surface area (Å²) in [6.45, 7) is 1.78. The van der Waals surface area contributed by atoms with Gasteiger partial charge in [-0.15, -0.1) is 11.3 Å². The van der Waals surface area contributed by atoms with Gasteiger partial charge in [-0.25, -0.2) is 9.78 Å². The zero-order chi connectivity index (χ0) is 16.8. The van der Waals surface area contributed by atoms with Crippen LogP contribution in [0.4, 0.5) is 0 Å². The monoisotopic (exact) mass is 339 g/mol. The lowest BCUT2D eigenvalue weighted by Gasteiger charge is -2.23. The average molecular weight is 339 g/mol. The highest BCUT2D eigenvalue weighted by atomic mass is 32.1. The third-order valence-corrected chi connectivity index (χ3v) is 4.83. The van der Waals surface area contributed by atoms with E-state index in [0.717, 1.165) is 25.7 Å². The van der Waals surface area contributed by atoms with Gasteiger partial charge < -0.3 is 15.7 Å². The fourth-order valence-electron chi connectivity index (χ4n) is 2.83. The van der Waals surface area contributed by atoms with Crippen LogP contribution in [0, 0.1) is 5.92 Å². The molecule has 3 N–H and O–H groups in total. The number of carbonyl (C=O) groups is 3. The molecule has 7 nitrogen and oxygen atoms in total. The molecule has 1 saturated carbocycles. The number of nitrogens with zero attached hydrogens (tertiary/aromatic N) is 1. The summed E-state index contributed by atoms with van der Waals surface area (Å²) in [5.41, 5.74) is 0.0263. The van der Waals surface area contributed by atoms with Gasteiger partial charge in [0, 0.05) is 25.3 Å². The Balaban J connectivity index is 1.85. The van der Waals surface area contributed by atoms with Crippen molar-refractivity contribution in [3.8, 4) is 0 Å². The highest BCUT2D eigenvalue weighted by molar-refractivity contribution is 7.09. The van der Waals surface area contributed by atoms with Crippen LogP contribution in [0.1, 0.15) is 48.1 Å².